The number of hydrogen-bond donors (Lipinski definition) is 2. The van der Waals surface area contributed by atoms with Gasteiger partial charge < -0.3 is 15.4 Å². The molecule has 0 spiro atoms. The van der Waals surface area contributed by atoms with Gasteiger partial charge in [0.2, 0.25) is 0 Å². The van der Waals surface area contributed by atoms with E-state index >= 15 is 0 Å². The van der Waals surface area contributed by atoms with Crippen LogP contribution in [0.5, 0.6) is 11.5 Å². The largest absolute Gasteiger partial charge is 0.451 e. The van der Waals surface area contributed by atoms with Gasteiger partial charge >= 0.3 is 0 Å². The van der Waals surface area contributed by atoms with Gasteiger partial charge in [-0.3, -0.25) is 9.59 Å². The number of fused-ring (bicyclic) bond motifs is 1. The number of para-hydroxylation sites is 1. The molecule has 1 amide bonds. The van der Waals surface area contributed by atoms with E-state index in [1.807, 2.05) is 0 Å². The highest BCUT2D eigenvalue weighted by molar-refractivity contribution is 5.94. The number of carbonyl (C=O) groups is 1. The number of H-pyrrole nitrogens is 1. The van der Waals surface area contributed by atoms with Crippen LogP contribution in [0.15, 0.2) is 47.3 Å². The number of hydrogen-bond acceptors (Lipinski definition) is 6. The summed E-state index contributed by atoms with van der Waals surface area (Å²) >= 11 is 0. The van der Waals surface area contributed by atoms with Crippen molar-refractivity contribution in [3.8, 4) is 29.0 Å². The van der Waals surface area contributed by atoms with Crippen LogP contribution in [0.2, 0.25) is 0 Å². The number of aromatic amines is 1. The zero-order valence-corrected chi connectivity index (χ0v) is 19.1. The average Bonchev–Trinajstić information content (AvgIpc) is 3.51. The standard InChI is InChI=1S/C25H20F2N6O3/c1-2-4-19(34)32-12-11-14(13-32)21-20-22(24(28)29-30-25(20)35)33(31-21)15-7-9-16(10-8-15)36-23-17(26)5-3-6-18(23)27/h3,5-10,14H,11-13H2,1H3,(H2,28,29)(H,30,35). The maximum atomic E-state index is 13.9. The summed E-state index contributed by atoms with van der Waals surface area (Å²) in [6.07, 6.45) is 0.603. The third kappa shape index (κ3) is 4.02. The lowest BCUT2D eigenvalue weighted by molar-refractivity contribution is -0.124. The molecule has 0 saturated carbocycles. The van der Waals surface area contributed by atoms with Crippen LogP contribution in [0.1, 0.15) is 25.0 Å². The van der Waals surface area contributed by atoms with Gasteiger partial charge in [0, 0.05) is 19.0 Å². The summed E-state index contributed by atoms with van der Waals surface area (Å²) in [5, 5.41) is 11.3. The first-order chi connectivity index (χ1) is 17.4. The lowest BCUT2D eigenvalue weighted by Crippen LogP contribution is -2.27. The van der Waals surface area contributed by atoms with Crippen LogP contribution in [0.3, 0.4) is 0 Å². The zero-order valence-electron chi connectivity index (χ0n) is 19.1. The molecule has 9 nitrogen and oxygen atoms in total. The van der Waals surface area contributed by atoms with Gasteiger partial charge in [-0.25, -0.2) is 18.6 Å². The first-order valence-electron chi connectivity index (χ1n) is 11.1. The Bertz CT molecular complexity index is 1580. The molecule has 1 aliphatic rings. The lowest BCUT2D eigenvalue weighted by atomic mass is 10.0. The van der Waals surface area contributed by atoms with E-state index in [0.717, 1.165) is 12.1 Å². The lowest BCUT2D eigenvalue weighted by Gasteiger charge is -2.12. The summed E-state index contributed by atoms with van der Waals surface area (Å²) in [6.45, 7) is 2.45. The summed E-state index contributed by atoms with van der Waals surface area (Å²) in [5.74, 6) is 2.77. The molecule has 0 bridgehead atoms. The molecule has 1 fully saturated rings. The van der Waals surface area contributed by atoms with E-state index in [-0.39, 0.29) is 28.8 Å². The van der Waals surface area contributed by atoms with Gasteiger partial charge in [-0.15, -0.1) is 0 Å². The number of nitrogen functional groups attached to an aromatic ring is 1. The topological polar surface area (TPSA) is 119 Å². The van der Waals surface area contributed by atoms with Crippen molar-refractivity contribution in [2.45, 2.75) is 19.3 Å². The maximum Gasteiger partial charge on any atom is 0.298 e. The van der Waals surface area contributed by atoms with Gasteiger partial charge in [-0.2, -0.15) is 10.2 Å². The van der Waals surface area contributed by atoms with Crippen molar-refractivity contribution < 1.29 is 18.3 Å². The highest BCUT2D eigenvalue weighted by Crippen LogP contribution is 2.34. The molecule has 1 saturated heterocycles. The number of aromatic nitrogens is 4. The van der Waals surface area contributed by atoms with E-state index in [1.54, 1.807) is 24.0 Å². The molecule has 2 aromatic carbocycles. The Balaban J connectivity index is 1.52. The first-order valence-corrected chi connectivity index (χ1v) is 11.1. The van der Waals surface area contributed by atoms with Crippen LogP contribution in [-0.4, -0.2) is 43.9 Å². The van der Waals surface area contributed by atoms with Gasteiger partial charge in [0.25, 0.3) is 11.5 Å². The predicted octanol–water partition coefficient (Wildman–Crippen LogP) is 3.10. The monoisotopic (exact) mass is 490 g/mol. The third-order valence-corrected chi connectivity index (χ3v) is 5.97. The smallest absolute Gasteiger partial charge is 0.298 e. The van der Waals surface area contributed by atoms with Crippen molar-refractivity contribution in [3.63, 3.8) is 0 Å². The Labute approximate surface area is 203 Å². The summed E-state index contributed by atoms with van der Waals surface area (Å²) in [7, 11) is 0. The van der Waals surface area contributed by atoms with E-state index in [2.05, 4.69) is 27.1 Å². The molecule has 0 radical (unpaired) electrons. The predicted molar refractivity (Wildman–Crippen MR) is 128 cm³/mol. The van der Waals surface area contributed by atoms with Crippen LogP contribution in [0.25, 0.3) is 16.6 Å². The number of nitrogens with two attached hydrogens (primary N) is 1. The van der Waals surface area contributed by atoms with Gasteiger partial charge in [0.05, 0.1) is 16.8 Å². The quantitative estimate of drug-likeness (QED) is 0.425. The molecular weight excluding hydrogens is 470 g/mol. The second-order valence-electron chi connectivity index (χ2n) is 8.22. The molecule has 2 aromatic heterocycles. The van der Waals surface area contributed by atoms with E-state index in [1.165, 1.54) is 22.9 Å². The van der Waals surface area contributed by atoms with Gasteiger partial charge in [-0.1, -0.05) is 12.0 Å². The summed E-state index contributed by atoms with van der Waals surface area (Å²) in [5.41, 5.74) is 7.01. The average molecular weight is 490 g/mol. The minimum absolute atomic E-state index is 0.0693. The summed E-state index contributed by atoms with van der Waals surface area (Å²) < 4.78 is 34.8. The molecule has 1 aliphatic heterocycles. The Kier molecular flexibility index (Phi) is 5.85. The molecular formula is C25H20F2N6O3. The fraction of sp³-hybridized carbons (Fsp3) is 0.200. The minimum Gasteiger partial charge on any atom is -0.451 e. The Morgan fingerprint density at radius 2 is 1.92 bits per heavy atom. The Hall–Kier alpha value is -4.72. The van der Waals surface area contributed by atoms with E-state index in [0.29, 0.717) is 36.4 Å². The maximum absolute atomic E-state index is 13.9. The van der Waals surface area contributed by atoms with E-state index < -0.39 is 22.9 Å². The van der Waals surface area contributed by atoms with Crippen molar-refractivity contribution in [2.75, 3.05) is 18.8 Å². The number of likely N-dealkylation sites (tertiary alicyclic amines) is 1. The number of halogens is 2. The van der Waals surface area contributed by atoms with Crippen LogP contribution in [0.4, 0.5) is 14.6 Å². The molecule has 5 rings (SSSR count). The Morgan fingerprint density at radius 3 is 2.61 bits per heavy atom. The second-order valence-corrected chi connectivity index (χ2v) is 8.22. The van der Waals surface area contributed by atoms with Crippen LogP contribution in [-0.2, 0) is 4.79 Å². The fourth-order valence-electron chi connectivity index (χ4n) is 4.30. The summed E-state index contributed by atoms with van der Waals surface area (Å²) in [4.78, 5) is 26.6. The SMILES string of the molecule is CC#CC(=O)N1CCC(c2nn(-c3ccc(Oc4c(F)cccc4F)cc3)c3c(N)n[nH]c(=O)c23)C1. The van der Waals surface area contributed by atoms with Gasteiger partial charge in [-0.05, 0) is 55.7 Å². The number of ether oxygens (including phenoxy) is 1. The molecule has 36 heavy (non-hydrogen) atoms. The summed E-state index contributed by atoms with van der Waals surface area (Å²) in [6, 6.07) is 9.72. The second kappa shape index (κ2) is 9.14. The Morgan fingerprint density at radius 1 is 1.19 bits per heavy atom. The molecule has 182 valence electrons. The number of anilines is 1. The number of nitrogens with one attached hydrogen (secondary N) is 1. The highest BCUT2D eigenvalue weighted by atomic mass is 19.1. The zero-order chi connectivity index (χ0) is 25.4. The van der Waals surface area contributed by atoms with Gasteiger partial charge in [0.15, 0.2) is 23.2 Å². The minimum atomic E-state index is -0.825. The highest BCUT2D eigenvalue weighted by Gasteiger charge is 2.32. The molecule has 0 aliphatic carbocycles. The van der Waals surface area contributed by atoms with Crippen molar-refractivity contribution >= 4 is 22.6 Å². The van der Waals surface area contributed by atoms with Crippen LogP contribution < -0.4 is 16.0 Å². The van der Waals surface area contributed by atoms with Crippen molar-refractivity contribution in [3.05, 3.63) is 70.1 Å². The molecule has 1 atom stereocenters. The molecule has 4 aromatic rings. The third-order valence-electron chi connectivity index (χ3n) is 5.97. The number of nitrogens with zero attached hydrogens (tertiary/aromatic N) is 4. The van der Waals surface area contributed by atoms with E-state index in [9.17, 15) is 18.4 Å². The normalized spacial score (nSPS) is 15.1. The van der Waals surface area contributed by atoms with E-state index in [4.69, 9.17) is 10.5 Å². The fourth-order valence-corrected chi connectivity index (χ4v) is 4.30. The van der Waals surface area contributed by atoms with Crippen molar-refractivity contribution in [2.24, 2.45) is 0 Å². The molecule has 11 heteroatoms. The molecule has 3 heterocycles. The van der Waals surface area contributed by atoms with Gasteiger partial charge in [0.1, 0.15) is 11.3 Å². The van der Waals surface area contributed by atoms with Crippen molar-refractivity contribution in [1.29, 1.82) is 0 Å². The number of amides is 1. The number of benzene rings is 2. The van der Waals surface area contributed by atoms with Crippen molar-refractivity contribution in [1.82, 2.24) is 24.9 Å². The number of rotatable bonds is 4. The molecule has 3 N–H and O–H groups in total. The molecule has 1 unspecified atom stereocenters. The number of carbonyl (C=O) groups excluding carboxylic acids is 1. The first kappa shape index (κ1) is 23.0. The van der Waals surface area contributed by atoms with Crippen LogP contribution >= 0.6 is 0 Å². The van der Waals surface area contributed by atoms with Crippen LogP contribution in [0, 0.1) is 23.5 Å².